The average Bonchev–Trinajstić information content (AvgIpc) is 3.09. The second-order valence-corrected chi connectivity index (χ2v) is 7.18. The van der Waals surface area contributed by atoms with Gasteiger partial charge in [-0.25, -0.2) is 0 Å². The standard InChI is InChI=1S/C19H21NO4S/c1-24-13-5-2-4-12(10-13)16(11-18(21)22)20-19(23)15-6-3-7-17-14(15)8-9-25-17/h2,4-5,8-10,15-16H,3,6-7,11H2,1H3,(H,20,23)(H,21,22). The van der Waals surface area contributed by atoms with Crippen molar-refractivity contribution < 1.29 is 19.4 Å². The summed E-state index contributed by atoms with van der Waals surface area (Å²) in [4.78, 5) is 25.4. The minimum atomic E-state index is -0.951. The Kier molecular flexibility index (Phi) is 5.38. The van der Waals surface area contributed by atoms with E-state index in [0.717, 1.165) is 30.4 Å². The molecule has 0 saturated heterocycles. The monoisotopic (exact) mass is 359 g/mol. The van der Waals surface area contributed by atoms with Gasteiger partial charge in [-0.2, -0.15) is 0 Å². The Morgan fingerprint density at radius 1 is 1.40 bits per heavy atom. The second kappa shape index (κ2) is 7.70. The Labute approximate surface area is 150 Å². The van der Waals surface area contributed by atoms with Gasteiger partial charge >= 0.3 is 5.97 Å². The minimum absolute atomic E-state index is 0.103. The first-order valence-corrected chi connectivity index (χ1v) is 9.19. The van der Waals surface area contributed by atoms with Crippen molar-refractivity contribution in [3.8, 4) is 5.75 Å². The normalized spacial score (nSPS) is 17.4. The fourth-order valence-corrected chi connectivity index (χ4v) is 4.30. The summed E-state index contributed by atoms with van der Waals surface area (Å²) in [6.45, 7) is 0. The number of fused-ring (bicyclic) bond motifs is 1. The van der Waals surface area contributed by atoms with Crippen LogP contribution in [0.5, 0.6) is 5.75 Å². The molecule has 25 heavy (non-hydrogen) atoms. The van der Waals surface area contributed by atoms with E-state index in [1.807, 2.05) is 17.5 Å². The number of benzene rings is 1. The Hall–Kier alpha value is -2.34. The van der Waals surface area contributed by atoms with E-state index >= 15 is 0 Å². The number of rotatable bonds is 6. The van der Waals surface area contributed by atoms with Crippen molar-refractivity contribution in [1.29, 1.82) is 0 Å². The number of hydrogen-bond donors (Lipinski definition) is 2. The van der Waals surface area contributed by atoms with Gasteiger partial charge < -0.3 is 15.2 Å². The highest BCUT2D eigenvalue weighted by atomic mass is 32.1. The third-order valence-electron chi connectivity index (χ3n) is 4.56. The molecule has 0 aliphatic heterocycles. The third kappa shape index (κ3) is 4.02. The number of aryl methyl sites for hydroxylation is 1. The summed E-state index contributed by atoms with van der Waals surface area (Å²) in [6, 6.07) is 8.61. The van der Waals surface area contributed by atoms with E-state index in [-0.39, 0.29) is 18.2 Å². The molecule has 2 atom stereocenters. The van der Waals surface area contributed by atoms with E-state index in [9.17, 15) is 14.7 Å². The minimum Gasteiger partial charge on any atom is -0.497 e. The molecule has 1 aliphatic carbocycles. The third-order valence-corrected chi connectivity index (χ3v) is 5.56. The van der Waals surface area contributed by atoms with E-state index in [4.69, 9.17) is 4.74 Å². The zero-order chi connectivity index (χ0) is 17.8. The van der Waals surface area contributed by atoms with Crippen LogP contribution in [0.3, 0.4) is 0 Å². The van der Waals surface area contributed by atoms with Gasteiger partial charge in [0.1, 0.15) is 5.75 Å². The summed E-state index contributed by atoms with van der Waals surface area (Å²) in [6.07, 6.45) is 2.63. The van der Waals surface area contributed by atoms with Crippen LogP contribution in [0.4, 0.5) is 0 Å². The van der Waals surface area contributed by atoms with Gasteiger partial charge in [0.2, 0.25) is 5.91 Å². The molecule has 0 fully saturated rings. The summed E-state index contributed by atoms with van der Waals surface area (Å²) in [7, 11) is 1.56. The molecule has 1 aromatic carbocycles. The van der Waals surface area contributed by atoms with E-state index in [2.05, 4.69) is 5.32 Å². The number of carboxylic acids is 1. The molecule has 5 nitrogen and oxygen atoms in total. The van der Waals surface area contributed by atoms with Crippen LogP contribution in [-0.2, 0) is 16.0 Å². The zero-order valence-corrected chi connectivity index (χ0v) is 14.8. The van der Waals surface area contributed by atoms with Crippen molar-refractivity contribution in [2.45, 2.75) is 37.6 Å². The van der Waals surface area contributed by atoms with Gasteiger partial charge in [-0.05, 0) is 54.0 Å². The maximum absolute atomic E-state index is 12.8. The molecular weight excluding hydrogens is 338 g/mol. The maximum atomic E-state index is 12.8. The molecule has 1 aromatic heterocycles. The predicted octanol–water partition coefficient (Wildman–Crippen LogP) is 3.51. The van der Waals surface area contributed by atoms with E-state index in [1.165, 1.54) is 4.88 Å². The number of aliphatic carboxylic acids is 1. The van der Waals surface area contributed by atoms with Crippen LogP contribution in [-0.4, -0.2) is 24.1 Å². The lowest BCUT2D eigenvalue weighted by Crippen LogP contribution is -2.35. The van der Waals surface area contributed by atoms with Crippen LogP contribution in [0.25, 0.3) is 0 Å². The molecule has 132 valence electrons. The molecule has 2 N–H and O–H groups in total. The van der Waals surface area contributed by atoms with Crippen LogP contribution in [0.15, 0.2) is 35.7 Å². The van der Waals surface area contributed by atoms with Gasteiger partial charge in [-0.15, -0.1) is 11.3 Å². The van der Waals surface area contributed by atoms with Crippen molar-refractivity contribution in [1.82, 2.24) is 5.32 Å². The highest BCUT2D eigenvalue weighted by molar-refractivity contribution is 7.10. The molecule has 1 aliphatic rings. The Balaban J connectivity index is 1.81. The first kappa shape index (κ1) is 17.5. The smallest absolute Gasteiger partial charge is 0.305 e. The van der Waals surface area contributed by atoms with Gasteiger partial charge in [0.05, 0.1) is 25.5 Å². The molecule has 0 spiro atoms. The average molecular weight is 359 g/mol. The number of methoxy groups -OCH3 is 1. The Morgan fingerprint density at radius 3 is 3.00 bits per heavy atom. The molecule has 1 amide bonds. The van der Waals surface area contributed by atoms with Crippen LogP contribution < -0.4 is 10.1 Å². The number of amides is 1. The van der Waals surface area contributed by atoms with Gasteiger partial charge in [-0.3, -0.25) is 9.59 Å². The van der Waals surface area contributed by atoms with E-state index in [0.29, 0.717) is 5.75 Å². The predicted molar refractivity (Wildman–Crippen MR) is 96.1 cm³/mol. The maximum Gasteiger partial charge on any atom is 0.305 e. The van der Waals surface area contributed by atoms with Gasteiger partial charge in [0.15, 0.2) is 0 Å². The number of ether oxygens (including phenoxy) is 1. The first-order chi connectivity index (χ1) is 12.1. The second-order valence-electron chi connectivity index (χ2n) is 6.18. The summed E-state index contributed by atoms with van der Waals surface area (Å²) in [5, 5.41) is 14.2. The Morgan fingerprint density at radius 2 is 2.24 bits per heavy atom. The molecule has 0 bridgehead atoms. The lowest BCUT2D eigenvalue weighted by molar-refractivity contribution is -0.137. The summed E-state index contributed by atoms with van der Waals surface area (Å²) in [5.41, 5.74) is 1.82. The SMILES string of the molecule is COc1cccc(C(CC(=O)O)NC(=O)C2CCCc3sccc32)c1. The van der Waals surface area contributed by atoms with Gasteiger partial charge in [0, 0.05) is 4.88 Å². The molecule has 3 rings (SSSR count). The highest BCUT2D eigenvalue weighted by Gasteiger charge is 2.29. The fraction of sp³-hybridized carbons (Fsp3) is 0.368. The summed E-state index contributed by atoms with van der Waals surface area (Å²) in [5.74, 6) is -0.613. The lowest BCUT2D eigenvalue weighted by Gasteiger charge is -2.25. The number of carbonyl (C=O) groups excluding carboxylic acids is 1. The largest absolute Gasteiger partial charge is 0.497 e. The molecule has 1 heterocycles. The molecule has 0 radical (unpaired) electrons. The van der Waals surface area contributed by atoms with Crippen molar-refractivity contribution in [3.05, 3.63) is 51.7 Å². The van der Waals surface area contributed by atoms with Crippen LogP contribution in [0.2, 0.25) is 0 Å². The number of hydrogen-bond acceptors (Lipinski definition) is 4. The van der Waals surface area contributed by atoms with Crippen LogP contribution in [0, 0.1) is 0 Å². The molecule has 0 saturated carbocycles. The van der Waals surface area contributed by atoms with Gasteiger partial charge in [0.25, 0.3) is 0 Å². The van der Waals surface area contributed by atoms with E-state index < -0.39 is 12.0 Å². The lowest BCUT2D eigenvalue weighted by atomic mass is 9.86. The van der Waals surface area contributed by atoms with Gasteiger partial charge in [-0.1, -0.05) is 12.1 Å². The molecule has 6 heteroatoms. The molecule has 2 aromatic rings. The highest BCUT2D eigenvalue weighted by Crippen LogP contribution is 2.35. The van der Waals surface area contributed by atoms with Crippen LogP contribution in [0.1, 0.15) is 47.2 Å². The first-order valence-electron chi connectivity index (χ1n) is 8.31. The summed E-state index contributed by atoms with van der Waals surface area (Å²) < 4.78 is 5.21. The number of carboxylic acid groups (broad SMARTS) is 1. The number of carbonyl (C=O) groups is 2. The topological polar surface area (TPSA) is 75.6 Å². The Bertz CT molecular complexity index is 770. The van der Waals surface area contributed by atoms with Crippen molar-refractivity contribution in [2.24, 2.45) is 0 Å². The van der Waals surface area contributed by atoms with Crippen molar-refractivity contribution in [3.63, 3.8) is 0 Å². The molecule has 2 unspecified atom stereocenters. The molecular formula is C19H21NO4S. The number of thiophene rings is 1. The quantitative estimate of drug-likeness (QED) is 0.828. The fourth-order valence-electron chi connectivity index (χ4n) is 3.32. The van der Waals surface area contributed by atoms with Crippen molar-refractivity contribution >= 4 is 23.2 Å². The summed E-state index contributed by atoms with van der Waals surface area (Å²) >= 11 is 1.69. The van der Waals surface area contributed by atoms with Crippen LogP contribution >= 0.6 is 11.3 Å². The van der Waals surface area contributed by atoms with E-state index in [1.54, 1.807) is 36.6 Å². The van der Waals surface area contributed by atoms with Crippen molar-refractivity contribution in [2.75, 3.05) is 7.11 Å². The number of nitrogens with one attached hydrogen (secondary N) is 1. The zero-order valence-electron chi connectivity index (χ0n) is 14.0.